The number of likely N-dealkylation sites (tertiary alicyclic amines) is 1. The molecule has 0 radical (unpaired) electrons. The summed E-state index contributed by atoms with van der Waals surface area (Å²) >= 11 is 0. The van der Waals surface area contributed by atoms with Crippen molar-refractivity contribution in [2.45, 2.75) is 44.9 Å². The summed E-state index contributed by atoms with van der Waals surface area (Å²) in [6.07, 6.45) is 1.80. The molecule has 4 rings (SSSR count). The van der Waals surface area contributed by atoms with Crippen LogP contribution in [0.4, 0.5) is 5.69 Å². The summed E-state index contributed by atoms with van der Waals surface area (Å²) in [7, 11) is 0. The molecule has 2 aliphatic rings. The predicted molar refractivity (Wildman–Crippen MR) is 112 cm³/mol. The normalized spacial score (nSPS) is 19.5. The first kappa shape index (κ1) is 19.6. The minimum absolute atomic E-state index is 0.0664. The Kier molecular flexibility index (Phi) is 5.65. The second-order valence-corrected chi connectivity index (χ2v) is 8.03. The molecule has 2 amide bonds. The van der Waals surface area contributed by atoms with Crippen molar-refractivity contribution in [3.8, 4) is 0 Å². The number of amides is 2. The quantitative estimate of drug-likeness (QED) is 0.749. The Morgan fingerprint density at radius 2 is 1.86 bits per heavy atom. The van der Waals surface area contributed by atoms with E-state index in [4.69, 9.17) is 0 Å². The fourth-order valence-electron chi connectivity index (χ4n) is 4.00. The maximum Gasteiger partial charge on any atom is 0.255 e. The number of piperidine rings is 1. The zero-order valence-electron chi connectivity index (χ0n) is 16.6. The molecule has 1 saturated heterocycles. The van der Waals surface area contributed by atoms with Crippen molar-refractivity contribution in [3.05, 3.63) is 64.7 Å². The molecule has 152 valence electrons. The lowest BCUT2D eigenvalue weighted by molar-refractivity contribution is 0.0546. The molecule has 0 saturated carbocycles. The third kappa shape index (κ3) is 4.49. The monoisotopic (exact) mass is 393 g/mol. The van der Waals surface area contributed by atoms with Crippen LogP contribution in [0.2, 0.25) is 0 Å². The van der Waals surface area contributed by atoms with Crippen molar-refractivity contribution in [1.29, 1.82) is 0 Å². The summed E-state index contributed by atoms with van der Waals surface area (Å²) in [5, 5.41) is 16.0. The van der Waals surface area contributed by atoms with Gasteiger partial charge < -0.3 is 20.6 Å². The van der Waals surface area contributed by atoms with E-state index in [1.54, 1.807) is 29.2 Å². The van der Waals surface area contributed by atoms with Crippen molar-refractivity contribution in [2.24, 2.45) is 0 Å². The standard InChI is InChI=1S/C23H27N3O3/c1-15-11-19-12-16(5-6-18(19)14-24-15)22(28)25-20-4-2-3-17(13-20)23(29)26-9-7-21(27)8-10-26/h2-6,12-13,15,21,24,27H,7-11,14H2,1H3,(H,25,28). The van der Waals surface area contributed by atoms with Gasteiger partial charge in [0.25, 0.3) is 11.8 Å². The molecule has 2 aromatic rings. The average Bonchev–Trinajstić information content (AvgIpc) is 2.73. The third-order valence-electron chi connectivity index (χ3n) is 5.75. The van der Waals surface area contributed by atoms with Gasteiger partial charge in [0.1, 0.15) is 0 Å². The second-order valence-electron chi connectivity index (χ2n) is 8.03. The summed E-state index contributed by atoms with van der Waals surface area (Å²) in [4.78, 5) is 27.2. The number of aliphatic hydroxyl groups is 1. The highest BCUT2D eigenvalue weighted by molar-refractivity contribution is 6.05. The minimum atomic E-state index is -0.319. The van der Waals surface area contributed by atoms with Crippen LogP contribution in [0.5, 0.6) is 0 Å². The zero-order valence-corrected chi connectivity index (χ0v) is 16.6. The highest BCUT2D eigenvalue weighted by atomic mass is 16.3. The summed E-state index contributed by atoms with van der Waals surface area (Å²) in [5.41, 5.74) is 4.22. The molecule has 2 heterocycles. The summed E-state index contributed by atoms with van der Waals surface area (Å²) in [6, 6.07) is 13.3. The minimum Gasteiger partial charge on any atom is -0.393 e. The number of nitrogens with zero attached hydrogens (tertiary/aromatic N) is 1. The summed E-state index contributed by atoms with van der Waals surface area (Å²) in [5.74, 6) is -0.243. The zero-order chi connectivity index (χ0) is 20.4. The molecule has 29 heavy (non-hydrogen) atoms. The smallest absolute Gasteiger partial charge is 0.255 e. The van der Waals surface area contributed by atoms with E-state index in [9.17, 15) is 14.7 Å². The average molecular weight is 393 g/mol. The number of benzene rings is 2. The molecule has 0 aliphatic carbocycles. The molecule has 2 aromatic carbocycles. The number of aliphatic hydroxyl groups excluding tert-OH is 1. The van der Waals surface area contributed by atoms with Gasteiger partial charge in [-0.15, -0.1) is 0 Å². The van der Waals surface area contributed by atoms with Crippen LogP contribution >= 0.6 is 0 Å². The number of rotatable bonds is 3. The number of hydrogen-bond acceptors (Lipinski definition) is 4. The van der Waals surface area contributed by atoms with E-state index in [1.165, 1.54) is 11.1 Å². The van der Waals surface area contributed by atoms with E-state index >= 15 is 0 Å². The van der Waals surface area contributed by atoms with Crippen LogP contribution in [0.15, 0.2) is 42.5 Å². The lowest BCUT2D eigenvalue weighted by Crippen LogP contribution is -2.40. The van der Waals surface area contributed by atoms with Crippen molar-refractivity contribution >= 4 is 17.5 Å². The van der Waals surface area contributed by atoms with Crippen LogP contribution < -0.4 is 10.6 Å². The second kappa shape index (κ2) is 8.35. The van der Waals surface area contributed by atoms with Gasteiger partial charge in [0, 0.05) is 42.5 Å². The topological polar surface area (TPSA) is 81.7 Å². The molecule has 6 nitrogen and oxygen atoms in total. The summed E-state index contributed by atoms with van der Waals surface area (Å²) < 4.78 is 0. The lowest BCUT2D eigenvalue weighted by Gasteiger charge is -2.29. The third-order valence-corrected chi connectivity index (χ3v) is 5.75. The highest BCUT2D eigenvalue weighted by Crippen LogP contribution is 2.21. The molecule has 1 unspecified atom stereocenters. The Bertz CT molecular complexity index is 919. The fourth-order valence-corrected chi connectivity index (χ4v) is 4.00. The van der Waals surface area contributed by atoms with Gasteiger partial charge in [0.05, 0.1) is 6.10 Å². The van der Waals surface area contributed by atoms with E-state index in [2.05, 4.69) is 17.6 Å². The highest BCUT2D eigenvalue weighted by Gasteiger charge is 2.22. The Balaban J connectivity index is 1.46. The lowest BCUT2D eigenvalue weighted by atomic mass is 9.94. The molecular formula is C23H27N3O3. The van der Waals surface area contributed by atoms with Crippen molar-refractivity contribution in [2.75, 3.05) is 18.4 Å². The van der Waals surface area contributed by atoms with Gasteiger partial charge in [0.15, 0.2) is 0 Å². The summed E-state index contributed by atoms with van der Waals surface area (Å²) in [6.45, 7) is 4.08. The fraction of sp³-hybridized carbons (Fsp3) is 0.391. The number of carbonyl (C=O) groups excluding carboxylic acids is 2. The molecule has 2 aliphatic heterocycles. The number of fused-ring (bicyclic) bond motifs is 1. The van der Waals surface area contributed by atoms with Crippen LogP contribution in [0.25, 0.3) is 0 Å². The van der Waals surface area contributed by atoms with Gasteiger partial charge in [-0.2, -0.15) is 0 Å². The molecule has 0 bridgehead atoms. The van der Waals surface area contributed by atoms with E-state index in [1.807, 2.05) is 18.2 Å². The molecule has 3 N–H and O–H groups in total. The van der Waals surface area contributed by atoms with Crippen LogP contribution in [0.3, 0.4) is 0 Å². The molecule has 1 atom stereocenters. The van der Waals surface area contributed by atoms with Crippen molar-refractivity contribution in [1.82, 2.24) is 10.2 Å². The number of carbonyl (C=O) groups is 2. The molecule has 0 aromatic heterocycles. The van der Waals surface area contributed by atoms with Crippen LogP contribution in [0.1, 0.15) is 51.6 Å². The van der Waals surface area contributed by atoms with Gasteiger partial charge in [-0.05, 0) is 67.6 Å². The maximum atomic E-state index is 12.8. The van der Waals surface area contributed by atoms with Gasteiger partial charge in [-0.1, -0.05) is 12.1 Å². The van der Waals surface area contributed by atoms with Gasteiger partial charge >= 0.3 is 0 Å². The van der Waals surface area contributed by atoms with Crippen molar-refractivity contribution < 1.29 is 14.7 Å². The molecule has 1 fully saturated rings. The maximum absolute atomic E-state index is 12.8. The van der Waals surface area contributed by atoms with E-state index in [0.717, 1.165) is 13.0 Å². The number of nitrogens with one attached hydrogen (secondary N) is 2. The first-order chi connectivity index (χ1) is 14.0. The SMILES string of the molecule is CC1Cc2cc(C(=O)Nc3cccc(C(=O)N4CCC(O)CC4)c3)ccc2CN1. The first-order valence-corrected chi connectivity index (χ1v) is 10.2. The van der Waals surface area contributed by atoms with Gasteiger partial charge in [-0.25, -0.2) is 0 Å². The Labute approximate surface area is 170 Å². The number of anilines is 1. The Morgan fingerprint density at radius 3 is 2.66 bits per heavy atom. The van der Waals surface area contributed by atoms with E-state index in [0.29, 0.717) is 48.8 Å². The molecule has 0 spiro atoms. The van der Waals surface area contributed by atoms with Crippen LogP contribution in [-0.2, 0) is 13.0 Å². The van der Waals surface area contributed by atoms with Crippen LogP contribution in [-0.4, -0.2) is 47.1 Å². The van der Waals surface area contributed by atoms with Gasteiger partial charge in [0.2, 0.25) is 0 Å². The largest absolute Gasteiger partial charge is 0.393 e. The molecular weight excluding hydrogens is 366 g/mol. The predicted octanol–water partition coefficient (Wildman–Crippen LogP) is 2.57. The Morgan fingerprint density at radius 1 is 1.07 bits per heavy atom. The first-order valence-electron chi connectivity index (χ1n) is 10.2. The van der Waals surface area contributed by atoms with Crippen LogP contribution in [0, 0.1) is 0 Å². The molecule has 6 heteroatoms. The van der Waals surface area contributed by atoms with E-state index in [-0.39, 0.29) is 17.9 Å². The van der Waals surface area contributed by atoms with E-state index < -0.39 is 0 Å². The van der Waals surface area contributed by atoms with Crippen molar-refractivity contribution in [3.63, 3.8) is 0 Å². The Hall–Kier alpha value is -2.70. The van der Waals surface area contributed by atoms with Gasteiger partial charge in [-0.3, -0.25) is 9.59 Å². The number of hydrogen-bond donors (Lipinski definition) is 3.